The molecule has 0 radical (unpaired) electrons. The van der Waals surface area contributed by atoms with Crippen molar-refractivity contribution < 1.29 is 9.84 Å². The molecule has 5 heteroatoms. The summed E-state index contributed by atoms with van der Waals surface area (Å²) in [5, 5.41) is 13.8. The third-order valence-corrected chi connectivity index (χ3v) is 2.71. The van der Waals surface area contributed by atoms with Crippen molar-refractivity contribution in [3.05, 3.63) is 22.5 Å². The van der Waals surface area contributed by atoms with Crippen molar-refractivity contribution in [2.75, 3.05) is 7.11 Å². The summed E-state index contributed by atoms with van der Waals surface area (Å²) in [7, 11) is 1.49. The maximum Gasteiger partial charge on any atom is 0.267 e. The molecular formula is C11H18N2O3. The Labute approximate surface area is 94.7 Å². The highest BCUT2D eigenvalue weighted by molar-refractivity contribution is 5.06. The number of hydrogen-bond donors (Lipinski definition) is 1. The summed E-state index contributed by atoms with van der Waals surface area (Å²) >= 11 is 0. The van der Waals surface area contributed by atoms with Crippen LogP contribution in [0.4, 0.5) is 0 Å². The van der Waals surface area contributed by atoms with Gasteiger partial charge in [-0.25, -0.2) is 4.68 Å². The Hall–Kier alpha value is -1.36. The number of rotatable bonds is 5. The van der Waals surface area contributed by atoms with Crippen LogP contribution < -0.4 is 10.3 Å². The number of nitrogens with zero attached hydrogens (tertiary/aromatic N) is 2. The first-order chi connectivity index (χ1) is 7.58. The SMILES string of the molecule is CCC(C)C(O)Cn1nc(OC)ccc1=O. The molecule has 2 atom stereocenters. The number of aliphatic hydroxyl groups excluding tert-OH is 1. The molecule has 5 nitrogen and oxygen atoms in total. The molecule has 0 aliphatic heterocycles. The van der Waals surface area contributed by atoms with Crippen LogP contribution in [-0.2, 0) is 6.54 Å². The molecule has 0 amide bonds. The number of aliphatic hydroxyl groups is 1. The van der Waals surface area contributed by atoms with Crippen molar-refractivity contribution in [1.29, 1.82) is 0 Å². The van der Waals surface area contributed by atoms with E-state index in [1.54, 1.807) is 0 Å². The molecule has 0 saturated carbocycles. The molecule has 0 aromatic carbocycles. The summed E-state index contributed by atoms with van der Waals surface area (Å²) < 4.78 is 6.16. The Morgan fingerprint density at radius 3 is 2.81 bits per heavy atom. The van der Waals surface area contributed by atoms with Gasteiger partial charge in [0.15, 0.2) is 0 Å². The Bertz CT molecular complexity index is 389. The molecule has 0 aliphatic rings. The molecule has 0 saturated heterocycles. The second-order valence-electron chi connectivity index (χ2n) is 3.85. The van der Waals surface area contributed by atoms with Crippen LogP contribution in [0, 0.1) is 5.92 Å². The molecule has 1 aromatic rings. The summed E-state index contributed by atoms with van der Waals surface area (Å²) in [4.78, 5) is 11.5. The molecular weight excluding hydrogens is 208 g/mol. The van der Waals surface area contributed by atoms with Gasteiger partial charge >= 0.3 is 0 Å². The third kappa shape index (κ3) is 3.06. The van der Waals surface area contributed by atoms with E-state index < -0.39 is 6.10 Å². The van der Waals surface area contributed by atoms with E-state index >= 15 is 0 Å². The van der Waals surface area contributed by atoms with Crippen molar-refractivity contribution in [2.45, 2.75) is 32.9 Å². The molecule has 0 bridgehead atoms. The van der Waals surface area contributed by atoms with Gasteiger partial charge in [-0.15, -0.1) is 5.10 Å². The molecule has 1 rings (SSSR count). The molecule has 1 heterocycles. The van der Waals surface area contributed by atoms with Crippen molar-refractivity contribution in [3.8, 4) is 5.88 Å². The quantitative estimate of drug-likeness (QED) is 0.801. The lowest BCUT2D eigenvalue weighted by Crippen LogP contribution is -2.31. The fourth-order valence-electron chi connectivity index (χ4n) is 1.30. The van der Waals surface area contributed by atoms with Gasteiger partial charge in [0.1, 0.15) is 0 Å². The highest BCUT2D eigenvalue weighted by Gasteiger charge is 2.14. The molecule has 90 valence electrons. The van der Waals surface area contributed by atoms with E-state index in [0.29, 0.717) is 5.88 Å². The van der Waals surface area contributed by atoms with Crippen molar-refractivity contribution in [3.63, 3.8) is 0 Å². The first kappa shape index (κ1) is 12.7. The lowest BCUT2D eigenvalue weighted by molar-refractivity contribution is 0.0905. The summed E-state index contributed by atoms with van der Waals surface area (Å²) in [6.07, 6.45) is 0.294. The fraction of sp³-hybridized carbons (Fsp3) is 0.636. The first-order valence-electron chi connectivity index (χ1n) is 5.38. The monoisotopic (exact) mass is 226 g/mol. The van der Waals surface area contributed by atoms with E-state index in [-0.39, 0.29) is 18.0 Å². The summed E-state index contributed by atoms with van der Waals surface area (Å²) in [5.74, 6) is 0.510. The molecule has 16 heavy (non-hydrogen) atoms. The molecule has 2 unspecified atom stereocenters. The van der Waals surface area contributed by atoms with E-state index in [0.717, 1.165) is 6.42 Å². The lowest BCUT2D eigenvalue weighted by atomic mass is 10.0. The predicted molar refractivity (Wildman–Crippen MR) is 60.5 cm³/mol. The summed E-state index contributed by atoms with van der Waals surface area (Å²) in [5.41, 5.74) is -0.233. The van der Waals surface area contributed by atoms with Gasteiger partial charge in [-0.05, 0) is 5.92 Å². The van der Waals surface area contributed by atoms with Crippen LogP contribution in [0.25, 0.3) is 0 Å². The Morgan fingerprint density at radius 2 is 2.25 bits per heavy atom. The normalized spacial score (nSPS) is 14.5. The largest absolute Gasteiger partial charge is 0.480 e. The molecule has 0 aliphatic carbocycles. The molecule has 1 aromatic heterocycles. The van der Waals surface area contributed by atoms with E-state index in [9.17, 15) is 9.90 Å². The van der Waals surface area contributed by atoms with Gasteiger partial charge in [0.2, 0.25) is 5.88 Å². The number of aromatic nitrogens is 2. The fourth-order valence-corrected chi connectivity index (χ4v) is 1.30. The van der Waals surface area contributed by atoms with E-state index in [4.69, 9.17) is 4.74 Å². The van der Waals surface area contributed by atoms with Gasteiger partial charge in [0, 0.05) is 12.1 Å². The van der Waals surface area contributed by atoms with E-state index in [1.165, 1.54) is 23.9 Å². The van der Waals surface area contributed by atoms with Crippen molar-refractivity contribution in [1.82, 2.24) is 9.78 Å². The Kier molecular flexibility index (Phi) is 4.49. The van der Waals surface area contributed by atoms with Gasteiger partial charge in [0.05, 0.1) is 19.8 Å². The van der Waals surface area contributed by atoms with Crippen molar-refractivity contribution >= 4 is 0 Å². The minimum absolute atomic E-state index is 0.139. The summed E-state index contributed by atoms with van der Waals surface area (Å²) in [6.45, 7) is 4.14. The molecule has 0 fully saturated rings. The minimum atomic E-state index is -0.567. The molecule has 1 N–H and O–H groups in total. The second kappa shape index (κ2) is 5.65. The van der Waals surface area contributed by atoms with Gasteiger partial charge in [-0.2, -0.15) is 0 Å². The van der Waals surface area contributed by atoms with Gasteiger partial charge in [-0.3, -0.25) is 4.79 Å². The Morgan fingerprint density at radius 1 is 1.56 bits per heavy atom. The third-order valence-electron chi connectivity index (χ3n) is 2.71. The van der Waals surface area contributed by atoms with Crippen LogP contribution in [0.2, 0.25) is 0 Å². The second-order valence-corrected chi connectivity index (χ2v) is 3.85. The first-order valence-corrected chi connectivity index (χ1v) is 5.38. The van der Waals surface area contributed by atoms with E-state index in [2.05, 4.69) is 5.10 Å². The predicted octanol–water partition coefficient (Wildman–Crippen LogP) is 0.659. The highest BCUT2D eigenvalue weighted by atomic mass is 16.5. The number of hydrogen-bond acceptors (Lipinski definition) is 4. The smallest absolute Gasteiger partial charge is 0.267 e. The average Bonchev–Trinajstić information content (AvgIpc) is 2.30. The van der Waals surface area contributed by atoms with Crippen LogP contribution >= 0.6 is 0 Å². The zero-order valence-corrected chi connectivity index (χ0v) is 9.88. The van der Waals surface area contributed by atoms with Crippen LogP contribution in [0.15, 0.2) is 16.9 Å². The van der Waals surface area contributed by atoms with Crippen LogP contribution in [0.3, 0.4) is 0 Å². The van der Waals surface area contributed by atoms with Crippen molar-refractivity contribution in [2.24, 2.45) is 5.92 Å². The van der Waals surface area contributed by atoms with Crippen LogP contribution in [-0.4, -0.2) is 28.1 Å². The van der Waals surface area contributed by atoms with Crippen LogP contribution in [0.1, 0.15) is 20.3 Å². The maximum atomic E-state index is 11.5. The van der Waals surface area contributed by atoms with Gasteiger partial charge < -0.3 is 9.84 Å². The lowest BCUT2D eigenvalue weighted by Gasteiger charge is -2.17. The summed E-state index contributed by atoms with van der Waals surface area (Å²) in [6, 6.07) is 2.89. The zero-order chi connectivity index (χ0) is 12.1. The highest BCUT2D eigenvalue weighted by Crippen LogP contribution is 2.09. The maximum absolute atomic E-state index is 11.5. The topological polar surface area (TPSA) is 64.3 Å². The standard InChI is InChI=1S/C11H18N2O3/c1-4-8(2)9(14)7-13-11(15)6-5-10(12-13)16-3/h5-6,8-9,14H,4,7H2,1-3H3. The average molecular weight is 226 g/mol. The van der Waals surface area contributed by atoms with Crippen LogP contribution in [0.5, 0.6) is 5.88 Å². The van der Waals surface area contributed by atoms with Gasteiger partial charge in [0.25, 0.3) is 5.56 Å². The Balaban J connectivity index is 2.83. The minimum Gasteiger partial charge on any atom is -0.480 e. The number of ether oxygens (including phenoxy) is 1. The molecule has 0 spiro atoms. The number of methoxy groups -OCH3 is 1. The van der Waals surface area contributed by atoms with Gasteiger partial charge in [-0.1, -0.05) is 20.3 Å². The zero-order valence-electron chi connectivity index (χ0n) is 9.88. The van der Waals surface area contributed by atoms with E-state index in [1.807, 2.05) is 13.8 Å².